The third-order valence-electron chi connectivity index (χ3n) is 5.01. The molecule has 4 aromatic rings. The number of methoxy groups -OCH3 is 2. The van der Waals surface area contributed by atoms with Crippen molar-refractivity contribution >= 4 is 17.3 Å². The summed E-state index contributed by atoms with van der Waals surface area (Å²) in [6.45, 7) is 0.00918. The quantitative estimate of drug-likeness (QED) is 0.270. The molecule has 2 heterocycles. The van der Waals surface area contributed by atoms with Crippen LogP contribution in [0.3, 0.4) is 0 Å². The highest BCUT2D eigenvalue weighted by Gasteiger charge is 2.19. The topological polar surface area (TPSA) is 62.6 Å². The number of hydrogen-bond acceptors (Lipinski definition) is 6. The Labute approximate surface area is 196 Å². The van der Waals surface area contributed by atoms with E-state index in [4.69, 9.17) is 25.6 Å². The van der Waals surface area contributed by atoms with Crippen molar-refractivity contribution in [1.29, 1.82) is 0 Å². The first-order chi connectivity index (χ1) is 16.1. The Kier molecular flexibility index (Phi) is 6.77. The molecule has 0 aliphatic heterocycles. The highest BCUT2D eigenvalue weighted by Crippen LogP contribution is 2.41. The van der Waals surface area contributed by atoms with Crippen LogP contribution in [-0.2, 0) is 16.1 Å². The molecule has 0 spiro atoms. The second-order valence-electron chi connectivity index (χ2n) is 7.04. The predicted octanol–water partition coefficient (Wildman–Crippen LogP) is 5.14. The molecule has 6 nitrogen and oxygen atoms in total. The van der Waals surface area contributed by atoms with Crippen LogP contribution in [0.2, 0.25) is 0 Å². The Hall–Kier alpha value is -4.02. The predicted molar refractivity (Wildman–Crippen MR) is 129 cm³/mol. The monoisotopic (exact) mass is 458 g/mol. The number of ether oxygens (including phenoxy) is 3. The van der Waals surface area contributed by atoms with Crippen LogP contribution in [0.15, 0.2) is 66.9 Å². The number of aromatic nitrogens is 2. The molecule has 0 N–H and O–H groups in total. The summed E-state index contributed by atoms with van der Waals surface area (Å²) >= 11 is 1.56. The lowest BCUT2D eigenvalue weighted by Crippen LogP contribution is -2.13. The zero-order valence-corrected chi connectivity index (χ0v) is 19.1. The zero-order chi connectivity index (χ0) is 23.2. The fraction of sp³-hybridized carbons (Fsp3) is 0.154. The van der Waals surface area contributed by atoms with Gasteiger partial charge < -0.3 is 18.8 Å². The number of esters is 1. The average molecular weight is 459 g/mol. The van der Waals surface area contributed by atoms with Crippen molar-refractivity contribution in [3.8, 4) is 56.2 Å². The molecule has 0 unspecified atom stereocenters. The van der Waals surface area contributed by atoms with E-state index in [1.165, 1.54) is 0 Å². The van der Waals surface area contributed by atoms with Gasteiger partial charge in [-0.3, -0.25) is 4.79 Å². The maximum Gasteiger partial charge on any atom is 0.326 e. The van der Waals surface area contributed by atoms with Gasteiger partial charge in [-0.2, -0.15) is 0 Å². The maximum atomic E-state index is 12.1. The van der Waals surface area contributed by atoms with Crippen molar-refractivity contribution in [2.45, 2.75) is 6.54 Å². The van der Waals surface area contributed by atoms with Crippen molar-refractivity contribution in [3.63, 3.8) is 0 Å². The number of thiazole rings is 1. The number of terminal acetylenes is 1. The molecule has 0 aliphatic carbocycles. The van der Waals surface area contributed by atoms with Gasteiger partial charge in [-0.15, -0.1) is 17.8 Å². The molecular formula is C26H22N2O4S. The molecule has 33 heavy (non-hydrogen) atoms. The van der Waals surface area contributed by atoms with E-state index in [1.54, 1.807) is 25.6 Å². The molecule has 0 aliphatic rings. The summed E-state index contributed by atoms with van der Waals surface area (Å²) in [6.07, 6.45) is 7.01. The van der Waals surface area contributed by atoms with Crippen molar-refractivity contribution in [2.24, 2.45) is 0 Å². The van der Waals surface area contributed by atoms with Crippen LogP contribution in [0.25, 0.3) is 32.4 Å². The Morgan fingerprint density at radius 3 is 2.24 bits per heavy atom. The van der Waals surface area contributed by atoms with Crippen molar-refractivity contribution in [1.82, 2.24) is 9.55 Å². The van der Waals surface area contributed by atoms with Crippen LogP contribution in [-0.4, -0.2) is 36.3 Å². The standard InChI is InChI=1S/C26H22N2O4S/c1-4-16-32-23(29)17-28-15-5-6-22(28)26-27-24(18-7-11-20(30-2)12-8-18)25(33-26)19-9-13-21(31-3)14-10-19/h1,5-15H,16-17H2,2-3H3. The third-order valence-corrected chi connectivity index (χ3v) is 6.13. The van der Waals surface area contributed by atoms with E-state index >= 15 is 0 Å². The summed E-state index contributed by atoms with van der Waals surface area (Å²) in [6, 6.07) is 19.5. The van der Waals surface area contributed by atoms with Crippen LogP contribution >= 0.6 is 11.3 Å². The minimum atomic E-state index is -0.396. The number of benzene rings is 2. The number of hydrogen-bond donors (Lipinski definition) is 0. The Morgan fingerprint density at radius 2 is 1.64 bits per heavy atom. The first-order valence-electron chi connectivity index (χ1n) is 10.2. The third kappa shape index (κ3) is 4.92. The summed E-state index contributed by atoms with van der Waals surface area (Å²) in [5.41, 5.74) is 3.67. The zero-order valence-electron chi connectivity index (χ0n) is 18.3. The molecule has 2 aromatic carbocycles. The molecule has 7 heteroatoms. The van der Waals surface area contributed by atoms with Gasteiger partial charge in [0.2, 0.25) is 0 Å². The van der Waals surface area contributed by atoms with Crippen LogP contribution in [0.4, 0.5) is 0 Å². The number of carbonyl (C=O) groups is 1. The van der Waals surface area contributed by atoms with Gasteiger partial charge in [0.25, 0.3) is 0 Å². The highest BCUT2D eigenvalue weighted by atomic mass is 32.1. The summed E-state index contributed by atoms with van der Waals surface area (Å²) in [4.78, 5) is 18.1. The molecule has 0 amide bonds. The molecule has 0 bridgehead atoms. The molecule has 0 radical (unpaired) electrons. The summed E-state index contributed by atoms with van der Waals surface area (Å²) < 4.78 is 17.4. The minimum absolute atomic E-state index is 0.0457. The molecule has 0 saturated heterocycles. The number of rotatable bonds is 8. The molecule has 2 aromatic heterocycles. The molecule has 0 atom stereocenters. The lowest BCUT2D eigenvalue weighted by atomic mass is 10.1. The molecule has 4 rings (SSSR count). The van der Waals surface area contributed by atoms with E-state index < -0.39 is 5.97 Å². The van der Waals surface area contributed by atoms with Crippen LogP contribution < -0.4 is 9.47 Å². The maximum absolute atomic E-state index is 12.1. The van der Waals surface area contributed by atoms with Crippen molar-refractivity contribution in [2.75, 3.05) is 20.8 Å². The van der Waals surface area contributed by atoms with E-state index in [9.17, 15) is 4.79 Å². The van der Waals surface area contributed by atoms with Crippen molar-refractivity contribution in [3.05, 3.63) is 66.9 Å². The number of carbonyl (C=O) groups excluding carboxylic acids is 1. The van der Waals surface area contributed by atoms with Gasteiger partial charge in [0.1, 0.15) is 23.1 Å². The first-order valence-corrected chi connectivity index (χ1v) is 11.0. The lowest BCUT2D eigenvalue weighted by molar-refractivity contribution is -0.142. The van der Waals surface area contributed by atoms with Gasteiger partial charge in [0.05, 0.1) is 30.5 Å². The Bertz CT molecular complexity index is 1220. The van der Waals surface area contributed by atoms with E-state index in [2.05, 4.69) is 5.92 Å². The smallest absolute Gasteiger partial charge is 0.326 e. The fourth-order valence-corrected chi connectivity index (χ4v) is 4.50. The molecule has 0 saturated carbocycles. The van der Waals surface area contributed by atoms with Gasteiger partial charge in [-0.1, -0.05) is 5.92 Å². The summed E-state index contributed by atoms with van der Waals surface area (Å²) in [5.74, 6) is 3.48. The second-order valence-corrected chi connectivity index (χ2v) is 8.04. The fourth-order valence-electron chi connectivity index (χ4n) is 3.37. The number of nitrogens with zero attached hydrogens (tertiary/aromatic N) is 2. The van der Waals surface area contributed by atoms with Crippen molar-refractivity contribution < 1.29 is 19.0 Å². The average Bonchev–Trinajstić information content (AvgIpc) is 3.50. The Balaban J connectivity index is 1.76. The minimum Gasteiger partial charge on any atom is -0.497 e. The van der Waals surface area contributed by atoms with Gasteiger partial charge >= 0.3 is 5.97 Å². The summed E-state index contributed by atoms with van der Waals surface area (Å²) in [5, 5.41) is 0.793. The van der Waals surface area contributed by atoms with E-state index in [-0.39, 0.29) is 13.2 Å². The van der Waals surface area contributed by atoms with Gasteiger partial charge in [-0.25, -0.2) is 4.98 Å². The SMILES string of the molecule is C#CCOC(=O)Cn1cccc1-c1nc(-c2ccc(OC)cc2)c(-c2ccc(OC)cc2)s1. The molecule has 0 fully saturated rings. The van der Waals surface area contributed by atoms with Crippen LogP contribution in [0, 0.1) is 12.3 Å². The second kappa shape index (κ2) is 10.1. The van der Waals surface area contributed by atoms with E-state index in [0.717, 1.165) is 43.9 Å². The largest absolute Gasteiger partial charge is 0.497 e. The van der Waals surface area contributed by atoms with E-state index in [1.807, 2.05) is 71.4 Å². The Morgan fingerprint density at radius 1 is 1.00 bits per heavy atom. The highest BCUT2D eigenvalue weighted by molar-refractivity contribution is 7.18. The van der Waals surface area contributed by atoms with Gasteiger partial charge in [0.15, 0.2) is 6.61 Å². The normalized spacial score (nSPS) is 10.5. The van der Waals surface area contributed by atoms with Gasteiger partial charge in [0, 0.05) is 11.8 Å². The summed E-state index contributed by atoms with van der Waals surface area (Å²) in [7, 11) is 3.28. The van der Waals surface area contributed by atoms with Crippen LogP contribution in [0.1, 0.15) is 0 Å². The molecular weight excluding hydrogens is 436 g/mol. The first kappa shape index (κ1) is 22.2. The van der Waals surface area contributed by atoms with Crippen LogP contribution in [0.5, 0.6) is 11.5 Å². The van der Waals surface area contributed by atoms with Gasteiger partial charge in [-0.05, 0) is 66.2 Å². The lowest BCUT2D eigenvalue weighted by Gasteiger charge is -2.06. The van der Waals surface area contributed by atoms with E-state index in [0.29, 0.717) is 0 Å². The molecule has 166 valence electrons.